The summed E-state index contributed by atoms with van der Waals surface area (Å²) in [7, 11) is -3.12. The summed E-state index contributed by atoms with van der Waals surface area (Å²) in [6, 6.07) is -0.0612. The summed E-state index contributed by atoms with van der Waals surface area (Å²) >= 11 is 0. The van der Waals surface area contributed by atoms with E-state index in [2.05, 4.69) is 5.32 Å². The standard InChI is InChI=1S/C8H16N2O3S/c1-7(11)9-6-8-4-3-5-10(8)14(2,12)13/h8H,3-6H2,1-2H3,(H,9,11). The van der Waals surface area contributed by atoms with E-state index in [-0.39, 0.29) is 11.9 Å². The Bertz CT molecular complexity index is 313. The van der Waals surface area contributed by atoms with Crippen molar-refractivity contribution in [1.29, 1.82) is 0 Å². The van der Waals surface area contributed by atoms with Gasteiger partial charge in [0, 0.05) is 26.1 Å². The van der Waals surface area contributed by atoms with Gasteiger partial charge >= 0.3 is 0 Å². The minimum absolute atomic E-state index is 0.0612. The lowest BCUT2D eigenvalue weighted by atomic mass is 10.2. The van der Waals surface area contributed by atoms with E-state index >= 15 is 0 Å². The molecule has 0 aromatic rings. The number of carbonyl (C=O) groups is 1. The van der Waals surface area contributed by atoms with Crippen LogP contribution >= 0.6 is 0 Å². The van der Waals surface area contributed by atoms with Crippen molar-refractivity contribution >= 4 is 15.9 Å². The van der Waals surface area contributed by atoms with Crippen molar-refractivity contribution in [2.24, 2.45) is 0 Å². The van der Waals surface area contributed by atoms with Crippen LogP contribution in [0, 0.1) is 0 Å². The molecule has 1 saturated heterocycles. The normalized spacial score (nSPS) is 23.7. The van der Waals surface area contributed by atoms with Gasteiger partial charge < -0.3 is 5.32 Å². The lowest BCUT2D eigenvalue weighted by molar-refractivity contribution is -0.119. The monoisotopic (exact) mass is 220 g/mol. The van der Waals surface area contributed by atoms with Crippen LogP contribution in [0.4, 0.5) is 0 Å². The van der Waals surface area contributed by atoms with Crippen LogP contribution in [0.3, 0.4) is 0 Å². The third-order valence-electron chi connectivity index (χ3n) is 2.34. The third kappa shape index (κ3) is 2.95. The molecule has 0 aliphatic carbocycles. The zero-order chi connectivity index (χ0) is 10.8. The Morgan fingerprint density at radius 2 is 2.21 bits per heavy atom. The Labute approximate surface area is 84.5 Å². The van der Waals surface area contributed by atoms with E-state index in [9.17, 15) is 13.2 Å². The first-order chi connectivity index (χ1) is 6.41. The first-order valence-corrected chi connectivity index (χ1v) is 6.47. The van der Waals surface area contributed by atoms with Gasteiger partial charge in [0.1, 0.15) is 0 Å². The van der Waals surface area contributed by atoms with Crippen LogP contribution in [0.2, 0.25) is 0 Å². The molecule has 0 aromatic heterocycles. The van der Waals surface area contributed by atoms with Crippen molar-refractivity contribution < 1.29 is 13.2 Å². The second-order valence-electron chi connectivity index (χ2n) is 3.61. The van der Waals surface area contributed by atoms with Gasteiger partial charge in [0.15, 0.2) is 0 Å². The second-order valence-corrected chi connectivity index (χ2v) is 5.54. The molecule has 0 bridgehead atoms. The minimum atomic E-state index is -3.12. The fraction of sp³-hybridized carbons (Fsp3) is 0.875. The molecule has 14 heavy (non-hydrogen) atoms. The van der Waals surface area contributed by atoms with E-state index in [0.29, 0.717) is 13.1 Å². The molecule has 0 saturated carbocycles. The molecular formula is C8H16N2O3S. The first-order valence-electron chi connectivity index (χ1n) is 4.62. The zero-order valence-electron chi connectivity index (χ0n) is 8.49. The van der Waals surface area contributed by atoms with Crippen LogP contribution in [0.15, 0.2) is 0 Å². The Kier molecular flexibility index (Phi) is 3.49. The number of hydrogen-bond donors (Lipinski definition) is 1. The molecule has 0 spiro atoms. The summed E-state index contributed by atoms with van der Waals surface area (Å²) in [5.41, 5.74) is 0. The van der Waals surface area contributed by atoms with Crippen molar-refractivity contribution in [2.75, 3.05) is 19.3 Å². The highest BCUT2D eigenvalue weighted by atomic mass is 32.2. The van der Waals surface area contributed by atoms with E-state index < -0.39 is 10.0 Å². The highest BCUT2D eigenvalue weighted by molar-refractivity contribution is 7.88. The van der Waals surface area contributed by atoms with E-state index in [1.807, 2.05) is 0 Å². The van der Waals surface area contributed by atoms with Crippen LogP contribution in [0.1, 0.15) is 19.8 Å². The summed E-state index contributed by atoms with van der Waals surface area (Å²) in [4.78, 5) is 10.7. The van der Waals surface area contributed by atoms with Gasteiger partial charge in [0.25, 0.3) is 0 Å². The Hall–Kier alpha value is -0.620. The molecule has 1 amide bonds. The van der Waals surface area contributed by atoms with Crippen molar-refractivity contribution in [3.05, 3.63) is 0 Å². The van der Waals surface area contributed by atoms with Gasteiger partial charge in [-0.2, -0.15) is 4.31 Å². The van der Waals surface area contributed by atoms with E-state index in [1.54, 1.807) is 0 Å². The molecule has 6 heteroatoms. The molecule has 82 valence electrons. The molecule has 1 atom stereocenters. The van der Waals surface area contributed by atoms with Gasteiger partial charge in [-0.15, -0.1) is 0 Å². The largest absolute Gasteiger partial charge is 0.355 e. The summed E-state index contributed by atoms with van der Waals surface area (Å²) in [6.45, 7) is 2.42. The number of nitrogens with one attached hydrogen (secondary N) is 1. The Morgan fingerprint density at radius 3 is 2.71 bits per heavy atom. The van der Waals surface area contributed by atoms with Crippen LogP contribution in [0.5, 0.6) is 0 Å². The molecule has 1 heterocycles. The van der Waals surface area contributed by atoms with Crippen molar-refractivity contribution in [3.63, 3.8) is 0 Å². The van der Waals surface area contributed by atoms with Gasteiger partial charge in [-0.25, -0.2) is 8.42 Å². The van der Waals surface area contributed by atoms with Crippen LogP contribution < -0.4 is 5.32 Å². The predicted molar refractivity (Wildman–Crippen MR) is 53.3 cm³/mol. The third-order valence-corrected chi connectivity index (χ3v) is 3.67. The number of nitrogens with zero attached hydrogens (tertiary/aromatic N) is 1. The van der Waals surface area contributed by atoms with E-state index in [4.69, 9.17) is 0 Å². The quantitative estimate of drug-likeness (QED) is 0.700. The van der Waals surface area contributed by atoms with Crippen LogP contribution in [-0.2, 0) is 14.8 Å². The zero-order valence-corrected chi connectivity index (χ0v) is 9.30. The molecule has 1 unspecified atom stereocenters. The molecule has 1 fully saturated rings. The summed E-state index contributed by atoms with van der Waals surface area (Å²) < 4.78 is 24.1. The lowest BCUT2D eigenvalue weighted by Crippen LogP contribution is -2.42. The maximum absolute atomic E-state index is 11.3. The average Bonchev–Trinajstić information content (AvgIpc) is 2.46. The number of sulfonamides is 1. The maximum Gasteiger partial charge on any atom is 0.216 e. The van der Waals surface area contributed by atoms with Gasteiger partial charge in [0.2, 0.25) is 15.9 Å². The average molecular weight is 220 g/mol. The van der Waals surface area contributed by atoms with Crippen molar-refractivity contribution in [2.45, 2.75) is 25.8 Å². The van der Waals surface area contributed by atoms with Gasteiger partial charge in [0.05, 0.1) is 6.26 Å². The SMILES string of the molecule is CC(=O)NCC1CCCN1S(C)(=O)=O. The van der Waals surface area contributed by atoms with Gasteiger partial charge in [-0.3, -0.25) is 4.79 Å². The highest BCUT2D eigenvalue weighted by Gasteiger charge is 2.30. The molecular weight excluding hydrogens is 204 g/mol. The molecule has 5 nitrogen and oxygen atoms in total. The van der Waals surface area contributed by atoms with Crippen molar-refractivity contribution in [3.8, 4) is 0 Å². The number of amides is 1. The van der Waals surface area contributed by atoms with Crippen LogP contribution in [0.25, 0.3) is 0 Å². The fourth-order valence-electron chi connectivity index (χ4n) is 1.71. The Morgan fingerprint density at radius 1 is 1.57 bits per heavy atom. The molecule has 1 aliphatic rings. The van der Waals surface area contributed by atoms with E-state index in [1.165, 1.54) is 17.5 Å². The van der Waals surface area contributed by atoms with Gasteiger partial charge in [-0.1, -0.05) is 0 Å². The molecule has 1 N–H and O–H groups in total. The molecule has 0 radical (unpaired) electrons. The summed E-state index contributed by atoms with van der Waals surface area (Å²) in [5.74, 6) is -0.120. The second kappa shape index (κ2) is 4.27. The van der Waals surface area contributed by atoms with Crippen molar-refractivity contribution in [1.82, 2.24) is 9.62 Å². The topological polar surface area (TPSA) is 66.5 Å². The minimum Gasteiger partial charge on any atom is -0.355 e. The molecule has 0 aromatic carbocycles. The highest BCUT2D eigenvalue weighted by Crippen LogP contribution is 2.19. The maximum atomic E-state index is 11.3. The smallest absolute Gasteiger partial charge is 0.216 e. The lowest BCUT2D eigenvalue weighted by Gasteiger charge is -2.21. The Balaban J connectivity index is 2.56. The first kappa shape index (κ1) is 11.5. The predicted octanol–water partition coefficient (Wildman–Crippen LogP) is -0.453. The summed E-state index contributed by atoms with van der Waals surface area (Å²) in [5, 5.41) is 2.64. The number of hydrogen-bond acceptors (Lipinski definition) is 3. The fourth-order valence-corrected chi connectivity index (χ4v) is 2.89. The number of carbonyl (C=O) groups excluding carboxylic acids is 1. The number of rotatable bonds is 3. The van der Waals surface area contributed by atoms with Crippen LogP contribution in [-0.4, -0.2) is 44.0 Å². The molecule has 1 rings (SSSR count). The molecule has 1 aliphatic heterocycles. The van der Waals surface area contributed by atoms with Gasteiger partial charge in [-0.05, 0) is 12.8 Å². The summed E-state index contributed by atoms with van der Waals surface area (Å²) in [6.07, 6.45) is 2.91. The van der Waals surface area contributed by atoms with E-state index in [0.717, 1.165) is 12.8 Å².